The second kappa shape index (κ2) is 3.51. The van der Waals surface area contributed by atoms with E-state index < -0.39 is 11.6 Å². The normalized spacial score (nSPS) is 11.8. The van der Waals surface area contributed by atoms with Gasteiger partial charge in [-0.05, 0) is 25.5 Å². The van der Waals surface area contributed by atoms with Crippen LogP contribution in [0.3, 0.4) is 0 Å². The van der Waals surface area contributed by atoms with Crippen LogP contribution in [0.25, 0.3) is 0 Å². The highest BCUT2D eigenvalue weighted by Gasteiger charge is 2.06. The van der Waals surface area contributed by atoms with Gasteiger partial charge in [0, 0.05) is 6.07 Å². The predicted molar refractivity (Wildman–Crippen MR) is 48.1 cm³/mol. The summed E-state index contributed by atoms with van der Waals surface area (Å²) in [5.41, 5.74) is 5.82. The second-order valence-corrected chi connectivity index (χ2v) is 2.81. The molecule has 0 aliphatic heterocycles. The minimum Gasteiger partial charge on any atom is -0.387 e. The molecule has 0 aliphatic carbocycles. The van der Waals surface area contributed by atoms with Crippen molar-refractivity contribution in [1.29, 1.82) is 0 Å². The van der Waals surface area contributed by atoms with Gasteiger partial charge in [0.1, 0.15) is 11.5 Å². The zero-order valence-electron chi connectivity index (χ0n) is 7.44. The Bertz CT molecular complexity index is 332. The lowest BCUT2D eigenvalue weighted by molar-refractivity contribution is 0.583. The van der Waals surface area contributed by atoms with Crippen molar-refractivity contribution in [2.75, 3.05) is 0 Å². The molecule has 0 amide bonds. The van der Waals surface area contributed by atoms with E-state index in [4.69, 9.17) is 5.73 Å². The summed E-state index contributed by atoms with van der Waals surface area (Å²) in [7, 11) is 0. The first-order valence-corrected chi connectivity index (χ1v) is 3.77. The van der Waals surface area contributed by atoms with E-state index in [0.717, 1.165) is 6.07 Å². The SMILES string of the molecule is CC(N)=Nc1c(C)cc(F)cc1F. The number of aryl methyl sites for hydroxylation is 1. The predicted octanol–water partition coefficient (Wildman–Crippen LogP) is 2.28. The molecule has 0 aromatic heterocycles. The van der Waals surface area contributed by atoms with Crippen molar-refractivity contribution in [3.05, 3.63) is 29.3 Å². The van der Waals surface area contributed by atoms with Crippen LogP contribution in [0.1, 0.15) is 12.5 Å². The van der Waals surface area contributed by atoms with Gasteiger partial charge in [-0.1, -0.05) is 0 Å². The maximum atomic E-state index is 13.1. The van der Waals surface area contributed by atoms with E-state index in [1.807, 2.05) is 0 Å². The maximum absolute atomic E-state index is 13.1. The molecule has 1 aromatic rings. The molecular formula is C9H10F2N2. The fourth-order valence-corrected chi connectivity index (χ4v) is 1.01. The lowest BCUT2D eigenvalue weighted by atomic mass is 10.2. The minimum atomic E-state index is -0.692. The zero-order valence-corrected chi connectivity index (χ0v) is 7.44. The standard InChI is InChI=1S/C9H10F2N2/c1-5-3-7(10)4-8(11)9(5)13-6(2)12/h3-4H,1-2H3,(H2,12,13). The number of hydrogen-bond donors (Lipinski definition) is 1. The fourth-order valence-electron chi connectivity index (χ4n) is 1.01. The van der Waals surface area contributed by atoms with Gasteiger partial charge >= 0.3 is 0 Å². The first-order valence-electron chi connectivity index (χ1n) is 3.77. The smallest absolute Gasteiger partial charge is 0.152 e. The highest BCUT2D eigenvalue weighted by Crippen LogP contribution is 2.23. The van der Waals surface area contributed by atoms with Crippen molar-refractivity contribution in [2.24, 2.45) is 10.7 Å². The molecule has 2 nitrogen and oxygen atoms in total. The first kappa shape index (κ1) is 9.64. The van der Waals surface area contributed by atoms with E-state index in [1.54, 1.807) is 13.8 Å². The lowest BCUT2D eigenvalue weighted by Gasteiger charge is -2.02. The van der Waals surface area contributed by atoms with E-state index in [1.165, 1.54) is 6.07 Å². The molecule has 0 bridgehead atoms. The van der Waals surface area contributed by atoms with Gasteiger partial charge in [0.05, 0.1) is 5.84 Å². The third-order valence-corrected chi connectivity index (χ3v) is 1.51. The van der Waals surface area contributed by atoms with Gasteiger partial charge in [0.15, 0.2) is 5.82 Å². The molecule has 70 valence electrons. The monoisotopic (exact) mass is 184 g/mol. The summed E-state index contributed by atoms with van der Waals surface area (Å²) in [5.74, 6) is -1.06. The molecule has 2 N–H and O–H groups in total. The summed E-state index contributed by atoms with van der Waals surface area (Å²) >= 11 is 0. The van der Waals surface area contributed by atoms with E-state index >= 15 is 0 Å². The summed E-state index contributed by atoms with van der Waals surface area (Å²) in [4.78, 5) is 3.75. The molecule has 0 heterocycles. The lowest BCUT2D eigenvalue weighted by Crippen LogP contribution is -2.04. The number of hydrogen-bond acceptors (Lipinski definition) is 1. The van der Waals surface area contributed by atoms with Crippen LogP contribution in [0.4, 0.5) is 14.5 Å². The molecule has 0 spiro atoms. The van der Waals surface area contributed by atoms with Crippen molar-refractivity contribution >= 4 is 11.5 Å². The maximum Gasteiger partial charge on any atom is 0.152 e. The Labute approximate surface area is 75.1 Å². The number of amidine groups is 1. The van der Waals surface area contributed by atoms with E-state index in [0.29, 0.717) is 5.56 Å². The number of aliphatic imine (C=N–C) groups is 1. The second-order valence-electron chi connectivity index (χ2n) is 2.81. The van der Waals surface area contributed by atoms with Gasteiger partial charge in [0.25, 0.3) is 0 Å². The van der Waals surface area contributed by atoms with E-state index in [2.05, 4.69) is 4.99 Å². The summed E-state index contributed by atoms with van der Waals surface area (Å²) in [5, 5.41) is 0. The molecule has 0 saturated heterocycles. The summed E-state index contributed by atoms with van der Waals surface area (Å²) in [6.45, 7) is 3.12. The average Bonchev–Trinajstić information content (AvgIpc) is 1.96. The Morgan fingerprint density at radius 3 is 2.46 bits per heavy atom. The van der Waals surface area contributed by atoms with Gasteiger partial charge in [0.2, 0.25) is 0 Å². The van der Waals surface area contributed by atoms with Crippen LogP contribution in [0, 0.1) is 18.6 Å². The number of nitrogens with two attached hydrogens (primary N) is 1. The summed E-state index contributed by atoms with van der Waals surface area (Å²) in [6.07, 6.45) is 0. The molecule has 0 unspecified atom stereocenters. The van der Waals surface area contributed by atoms with Crippen molar-refractivity contribution in [3.63, 3.8) is 0 Å². The Morgan fingerprint density at radius 2 is 2.00 bits per heavy atom. The van der Waals surface area contributed by atoms with Gasteiger partial charge < -0.3 is 5.73 Å². The summed E-state index contributed by atoms with van der Waals surface area (Å²) < 4.78 is 25.7. The molecular weight excluding hydrogens is 174 g/mol. The zero-order chi connectivity index (χ0) is 10.0. The van der Waals surface area contributed by atoms with Crippen molar-refractivity contribution in [1.82, 2.24) is 0 Å². The number of rotatable bonds is 1. The van der Waals surface area contributed by atoms with Crippen molar-refractivity contribution in [3.8, 4) is 0 Å². The van der Waals surface area contributed by atoms with Gasteiger partial charge in [-0.15, -0.1) is 0 Å². The molecule has 1 aromatic carbocycles. The molecule has 0 aliphatic rings. The van der Waals surface area contributed by atoms with Crippen LogP contribution in [0.2, 0.25) is 0 Å². The van der Waals surface area contributed by atoms with Gasteiger partial charge in [-0.3, -0.25) is 0 Å². The van der Waals surface area contributed by atoms with Gasteiger partial charge in [-0.2, -0.15) is 0 Å². The Morgan fingerprint density at radius 1 is 1.38 bits per heavy atom. The summed E-state index contributed by atoms with van der Waals surface area (Å²) in [6, 6.07) is 2.00. The fraction of sp³-hybridized carbons (Fsp3) is 0.222. The van der Waals surface area contributed by atoms with Gasteiger partial charge in [-0.25, -0.2) is 13.8 Å². The molecule has 13 heavy (non-hydrogen) atoms. The molecule has 0 atom stereocenters. The van der Waals surface area contributed by atoms with Crippen LogP contribution in [-0.4, -0.2) is 5.84 Å². The Balaban J connectivity index is 3.29. The molecule has 0 fully saturated rings. The quantitative estimate of drug-likeness (QED) is 0.527. The molecule has 0 radical (unpaired) electrons. The van der Waals surface area contributed by atoms with Crippen LogP contribution in [0.15, 0.2) is 17.1 Å². The Kier molecular flexibility index (Phi) is 2.60. The van der Waals surface area contributed by atoms with Crippen LogP contribution in [0.5, 0.6) is 0 Å². The number of halogens is 2. The third-order valence-electron chi connectivity index (χ3n) is 1.51. The van der Waals surface area contributed by atoms with E-state index in [-0.39, 0.29) is 11.5 Å². The number of nitrogens with zero attached hydrogens (tertiary/aromatic N) is 1. The topological polar surface area (TPSA) is 38.4 Å². The Hall–Kier alpha value is -1.45. The average molecular weight is 184 g/mol. The first-order chi connectivity index (χ1) is 6.00. The highest BCUT2D eigenvalue weighted by atomic mass is 19.1. The molecule has 0 saturated carbocycles. The molecule has 4 heteroatoms. The third kappa shape index (κ3) is 2.24. The van der Waals surface area contributed by atoms with Crippen LogP contribution < -0.4 is 5.73 Å². The molecule has 1 rings (SSSR count). The van der Waals surface area contributed by atoms with E-state index in [9.17, 15) is 8.78 Å². The number of benzene rings is 1. The highest BCUT2D eigenvalue weighted by molar-refractivity contribution is 5.81. The van der Waals surface area contributed by atoms with Crippen molar-refractivity contribution in [2.45, 2.75) is 13.8 Å². The van der Waals surface area contributed by atoms with Crippen LogP contribution in [-0.2, 0) is 0 Å². The minimum absolute atomic E-state index is 0.0985. The van der Waals surface area contributed by atoms with Crippen molar-refractivity contribution < 1.29 is 8.78 Å². The van der Waals surface area contributed by atoms with Crippen LogP contribution >= 0.6 is 0 Å². The largest absolute Gasteiger partial charge is 0.387 e.